The van der Waals surface area contributed by atoms with Crippen LogP contribution in [0.4, 0.5) is 0 Å². The van der Waals surface area contributed by atoms with E-state index in [0.29, 0.717) is 0 Å². The van der Waals surface area contributed by atoms with Crippen molar-refractivity contribution in [2.24, 2.45) is 5.73 Å². The zero-order valence-corrected chi connectivity index (χ0v) is 15.2. The molecule has 1 aliphatic heterocycles. The molecule has 1 fully saturated rings. The van der Waals surface area contributed by atoms with Gasteiger partial charge in [-0.2, -0.15) is 0 Å². The van der Waals surface area contributed by atoms with E-state index in [0.717, 1.165) is 13.1 Å². The van der Waals surface area contributed by atoms with E-state index in [1.165, 1.54) is 61.6 Å². The Morgan fingerprint density at radius 3 is 2.06 bits per heavy atom. The maximum atomic E-state index is 4.85. The first-order valence-corrected chi connectivity index (χ1v) is 9.38. The van der Waals surface area contributed by atoms with Crippen LogP contribution in [0.1, 0.15) is 12.5 Å². The fourth-order valence-electron chi connectivity index (χ4n) is 1.95. The van der Waals surface area contributed by atoms with Gasteiger partial charge in [0.2, 0.25) is 0 Å². The van der Waals surface area contributed by atoms with Crippen molar-refractivity contribution in [3.05, 3.63) is 35.9 Å². The summed E-state index contributed by atoms with van der Waals surface area (Å²) >= 11 is 1.31. The van der Waals surface area contributed by atoms with Crippen molar-refractivity contribution in [2.75, 3.05) is 36.8 Å². The molecule has 2 rings (SSSR count). The molecule has 18 heavy (non-hydrogen) atoms. The zero-order valence-electron chi connectivity index (χ0n) is 11.3. The van der Waals surface area contributed by atoms with Gasteiger partial charge in [0.15, 0.2) is 0 Å². The average molecular weight is 442 g/mol. The van der Waals surface area contributed by atoms with Crippen molar-refractivity contribution >= 4 is 25.8 Å². The van der Waals surface area contributed by atoms with Crippen LogP contribution in [0.3, 0.4) is 0 Å². The van der Waals surface area contributed by atoms with Crippen LogP contribution in [-0.4, -0.2) is 72.4 Å². The Hall–Kier alpha value is 0.0221. The third kappa shape index (κ3) is 6.27. The summed E-state index contributed by atoms with van der Waals surface area (Å²) in [6.45, 7) is 8.76. The number of rotatable bonds is 3. The van der Waals surface area contributed by atoms with Gasteiger partial charge in [0.25, 0.3) is 0 Å². The van der Waals surface area contributed by atoms with Gasteiger partial charge in [-0.25, -0.2) is 0 Å². The van der Waals surface area contributed by atoms with E-state index in [9.17, 15) is 0 Å². The number of piperazine rings is 1. The summed E-state index contributed by atoms with van der Waals surface area (Å²) in [7, 11) is 0. The van der Waals surface area contributed by atoms with E-state index in [1.54, 1.807) is 0 Å². The van der Waals surface area contributed by atoms with Crippen LogP contribution in [0, 0.1) is 0 Å². The minimum absolute atomic E-state index is 0.750. The van der Waals surface area contributed by atoms with E-state index in [1.807, 2.05) is 6.92 Å². The van der Waals surface area contributed by atoms with E-state index in [4.69, 9.17) is 5.73 Å². The molecule has 2 N–H and O–H groups in total. The van der Waals surface area contributed by atoms with E-state index in [-0.39, 0.29) is 0 Å². The predicted molar refractivity (Wildman–Crippen MR) is 78.6 cm³/mol. The third-order valence-electron chi connectivity index (χ3n) is 2.94. The molecule has 4 heteroatoms. The molecule has 1 heterocycles. The number of nitrogens with zero attached hydrogens (tertiary/aromatic N) is 2. The van der Waals surface area contributed by atoms with Crippen LogP contribution in [0.15, 0.2) is 30.3 Å². The van der Waals surface area contributed by atoms with Gasteiger partial charge in [0, 0.05) is 0 Å². The Labute approximate surface area is 127 Å². The van der Waals surface area contributed by atoms with Crippen molar-refractivity contribution in [3.8, 4) is 0 Å². The molecule has 0 aliphatic carbocycles. The number of hydrogen-bond acceptors (Lipinski definition) is 3. The minimum atomic E-state index is 0.750. The molecule has 0 atom stereocenters. The Kier molecular flexibility index (Phi) is 8.83. The average Bonchev–Trinajstić information content (AvgIpc) is 2.42. The molecular weight excluding hydrogens is 417 g/mol. The van der Waals surface area contributed by atoms with Crippen LogP contribution in [0.25, 0.3) is 0 Å². The first kappa shape index (κ1) is 16.1. The van der Waals surface area contributed by atoms with Gasteiger partial charge in [-0.1, -0.05) is 6.92 Å². The van der Waals surface area contributed by atoms with Gasteiger partial charge in [-0.3, -0.25) is 0 Å². The molecule has 1 saturated heterocycles. The van der Waals surface area contributed by atoms with Gasteiger partial charge in [-0.05, 0) is 6.54 Å². The molecule has 1 aromatic carbocycles. The van der Waals surface area contributed by atoms with Gasteiger partial charge in [0.05, 0.1) is 0 Å². The molecule has 1 aliphatic rings. The van der Waals surface area contributed by atoms with Crippen LogP contribution >= 0.6 is 0 Å². The zero-order chi connectivity index (χ0) is 13.2. The SMILES string of the molecule is CCN.[Pb][CH2]N1CCN(Cc2ccccc2)CC1. The maximum absolute atomic E-state index is 4.85. The summed E-state index contributed by atoms with van der Waals surface area (Å²) in [6, 6.07) is 10.8. The van der Waals surface area contributed by atoms with Crippen molar-refractivity contribution < 1.29 is 0 Å². The first-order chi connectivity index (χ1) is 8.80. The molecule has 0 unspecified atom stereocenters. The topological polar surface area (TPSA) is 32.5 Å². The summed E-state index contributed by atoms with van der Waals surface area (Å²) in [5.41, 5.74) is 6.29. The summed E-state index contributed by atoms with van der Waals surface area (Å²) in [6.07, 6.45) is 0. The van der Waals surface area contributed by atoms with Gasteiger partial charge in [-0.15, -0.1) is 0 Å². The Morgan fingerprint density at radius 1 is 1.06 bits per heavy atom. The molecule has 3 radical (unpaired) electrons. The van der Waals surface area contributed by atoms with E-state index >= 15 is 0 Å². The Balaban J connectivity index is 0.000000492. The third-order valence-corrected chi connectivity index (χ3v) is 4.68. The van der Waals surface area contributed by atoms with Crippen molar-refractivity contribution in [1.29, 1.82) is 0 Å². The van der Waals surface area contributed by atoms with Crippen molar-refractivity contribution in [1.82, 2.24) is 9.80 Å². The Morgan fingerprint density at radius 2 is 1.56 bits per heavy atom. The second-order valence-corrected chi connectivity index (χ2v) is 5.68. The molecule has 0 aromatic heterocycles. The number of nitrogens with two attached hydrogens (primary N) is 1. The molecule has 3 nitrogen and oxygen atoms in total. The molecule has 0 bridgehead atoms. The van der Waals surface area contributed by atoms with Gasteiger partial charge < -0.3 is 5.73 Å². The fraction of sp³-hybridized carbons (Fsp3) is 0.571. The van der Waals surface area contributed by atoms with Gasteiger partial charge in [0.1, 0.15) is 0 Å². The van der Waals surface area contributed by atoms with Crippen LogP contribution in [0.2, 0.25) is 0 Å². The van der Waals surface area contributed by atoms with E-state index in [2.05, 4.69) is 40.1 Å². The summed E-state index contributed by atoms with van der Waals surface area (Å²) < 4.78 is 1.33. The molecule has 99 valence electrons. The second-order valence-electron chi connectivity index (χ2n) is 4.45. The molecule has 0 spiro atoms. The molecular formula is C14H24N3Pb. The van der Waals surface area contributed by atoms with Gasteiger partial charge >= 0.3 is 108 Å². The number of hydrogen-bond donors (Lipinski definition) is 1. The molecule has 0 amide bonds. The van der Waals surface area contributed by atoms with E-state index < -0.39 is 0 Å². The standard InChI is InChI=1S/C12H17N2.C2H7N.Pb/c1-13-7-9-14(10-8-13)11-12-5-3-2-4-6-12;1-2-3;/h2-6H,1,7-11H2;2-3H2,1H3;. The quantitative estimate of drug-likeness (QED) is 0.708. The van der Waals surface area contributed by atoms with Crippen LogP contribution in [0.5, 0.6) is 0 Å². The van der Waals surface area contributed by atoms with Crippen molar-refractivity contribution in [3.63, 3.8) is 0 Å². The second kappa shape index (κ2) is 9.89. The number of benzene rings is 1. The van der Waals surface area contributed by atoms with Crippen LogP contribution in [-0.2, 0) is 6.54 Å². The first-order valence-electron chi connectivity index (χ1n) is 6.63. The van der Waals surface area contributed by atoms with Crippen molar-refractivity contribution in [2.45, 2.75) is 13.5 Å². The summed E-state index contributed by atoms with van der Waals surface area (Å²) in [5.74, 6) is 0. The predicted octanol–water partition coefficient (Wildman–Crippen LogP) is 0.895. The normalized spacial score (nSPS) is 17.1. The molecule has 1 aromatic rings. The Bertz CT molecular complexity index is 297. The monoisotopic (exact) mass is 442 g/mol. The fourth-order valence-corrected chi connectivity index (χ4v) is 3.18. The summed E-state index contributed by atoms with van der Waals surface area (Å²) in [4.78, 5) is 5.14. The van der Waals surface area contributed by atoms with Crippen LogP contribution < -0.4 is 5.73 Å². The molecule has 0 saturated carbocycles. The summed E-state index contributed by atoms with van der Waals surface area (Å²) in [5, 5.41) is 0.